The molecule has 0 unspecified atom stereocenters. The average Bonchev–Trinajstić information content (AvgIpc) is 2.87. The van der Waals surface area contributed by atoms with Crippen molar-refractivity contribution >= 4 is 35.0 Å². The molecule has 1 aromatic rings. The second kappa shape index (κ2) is 8.44. The van der Waals surface area contributed by atoms with E-state index in [4.69, 9.17) is 0 Å². The molecule has 0 radical (unpaired) electrons. The topological polar surface area (TPSA) is 71.3 Å². The summed E-state index contributed by atoms with van der Waals surface area (Å²) >= 11 is 1.11. The Kier molecular flexibility index (Phi) is 6.31. The molecule has 1 aliphatic rings. The van der Waals surface area contributed by atoms with Crippen LogP contribution in [0.5, 0.6) is 0 Å². The molecule has 1 aromatic carbocycles. The van der Waals surface area contributed by atoms with Gasteiger partial charge in [0.1, 0.15) is 0 Å². The molecule has 0 aromatic heterocycles. The highest BCUT2D eigenvalue weighted by atomic mass is 32.2. The van der Waals surface area contributed by atoms with E-state index in [9.17, 15) is 9.59 Å². The molecule has 0 atom stereocenters. The highest BCUT2D eigenvalue weighted by Gasteiger charge is 2.34. The SMILES string of the molecule is COC(=O)/C=C1\SC(=NCc2ccccc2)N(/N=C/C(C)C)C1=O. The van der Waals surface area contributed by atoms with Crippen LogP contribution in [-0.2, 0) is 20.9 Å². The summed E-state index contributed by atoms with van der Waals surface area (Å²) in [4.78, 5) is 28.5. The third kappa shape index (κ3) is 4.79. The summed E-state index contributed by atoms with van der Waals surface area (Å²) in [6, 6.07) is 9.71. The summed E-state index contributed by atoms with van der Waals surface area (Å²) < 4.78 is 4.58. The molecule has 0 aliphatic carbocycles. The van der Waals surface area contributed by atoms with E-state index < -0.39 is 5.97 Å². The Morgan fingerprint density at radius 2 is 2.04 bits per heavy atom. The molecule has 2 rings (SSSR count). The van der Waals surface area contributed by atoms with Gasteiger partial charge in [-0.1, -0.05) is 44.2 Å². The molecule has 126 valence electrons. The standard InChI is InChI=1S/C17H19N3O3S/c1-12(2)10-19-20-16(22)14(9-15(21)23-3)24-17(20)18-11-13-7-5-4-6-8-13/h4-10,12H,11H2,1-3H3/b14-9-,18-17?,19-10+. The zero-order valence-electron chi connectivity index (χ0n) is 13.8. The van der Waals surface area contributed by atoms with Crippen molar-refractivity contribution in [2.24, 2.45) is 16.0 Å². The number of carbonyl (C=O) groups excluding carboxylic acids is 2. The number of ether oxygens (including phenoxy) is 1. The summed E-state index contributed by atoms with van der Waals surface area (Å²) in [5, 5.41) is 5.86. The quantitative estimate of drug-likeness (QED) is 0.467. The Hall–Kier alpha value is -2.41. The largest absolute Gasteiger partial charge is 0.466 e. The summed E-state index contributed by atoms with van der Waals surface area (Å²) in [6.45, 7) is 4.35. The summed E-state index contributed by atoms with van der Waals surface area (Å²) in [5.74, 6) is -0.774. The number of aliphatic imine (C=N–C) groups is 1. The fourth-order valence-corrected chi connectivity index (χ4v) is 2.65. The first-order chi connectivity index (χ1) is 11.5. The number of benzene rings is 1. The van der Waals surface area contributed by atoms with E-state index in [1.165, 1.54) is 12.1 Å². The van der Waals surface area contributed by atoms with E-state index in [0.29, 0.717) is 11.7 Å². The van der Waals surface area contributed by atoms with E-state index >= 15 is 0 Å². The molecule has 1 saturated heterocycles. The van der Waals surface area contributed by atoms with Crippen LogP contribution in [0.3, 0.4) is 0 Å². The molecule has 1 aliphatic heterocycles. The molecule has 1 amide bonds. The molecular weight excluding hydrogens is 326 g/mol. The van der Waals surface area contributed by atoms with Gasteiger partial charge in [-0.05, 0) is 23.2 Å². The third-order valence-electron chi connectivity index (χ3n) is 2.96. The first kappa shape index (κ1) is 17.9. The number of hydrogen-bond donors (Lipinski definition) is 0. The fraction of sp³-hybridized carbons (Fsp3) is 0.294. The zero-order chi connectivity index (χ0) is 17.5. The van der Waals surface area contributed by atoms with Gasteiger partial charge in [0.2, 0.25) is 0 Å². The molecule has 7 heteroatoms. The van der Waals surface area contributed by atoms with Gasteiger partial charge >= 0.3 is 5.97 Å². The Morgan fingerprint density at radius 3 is 2.67 bits per heavy atom. The Balaban J connectivity index is 2.26. The molecule has 1 heterocycles. The van der Waals surface area contributed by atoms with Crippen LogP contribution >= 0.6 is 11.8 Å². The predicted octanol–water partition coefficient (Wildman–Crippen LogP) is 2.82. The zero-order valence-corrected chi connectivity index (χ0v) is 14.6. The Labute approximate surface area is 145 Å². The number of methoxy groups -OCH3 is 1. The first-order valence-electron chi connectivity index (χ1n) is 7.45. The van der Waals surface area contributed by atoms with Crippen LogP contribution in [0.2, 0.25) is 0 Å². The average molecular weight is 345 g/mol. The van der Waals surface area contributed by atoms with Crippen LogP contribution in [0.15, 0.2) is 51.4 Å². The minimum Gasteiger partial charge on any atom is -0.466 e. The predicted molar refractivity (Wildman–Crippen MR) is 95.4 cm³/mol. The number of esters is 1. The van der Waals surface area contributed by atoms with Crippen LogP contribution in [0.4, 0.5) is 0 Å². The van der Waals surface area contributed by atoms with Crippen molar-refractivity contribution in [3.63, 3.8) is 0 Å². The molecule has 0 spiro atoms. The van der Waals surface area contributed by atoms with Crippen LogP contribution in [0.25, 0.3) is 0 Å². The second-order valence-electron chi connectivity index (χ2n) is 5.34. The molecule has 6 nitrogen and oxygen atoms in total. The van der Waals surface area contributed by atoms with E-state index in [2.05, 4.69) is 14.8 Å². The number of thioether (sulfide) groups is 1. The smallest absolute Gasteiger partial charge is 0.331 e. The van der Waals surface area contributed by atoms with E-state index in [1.807, 2.05) is 44.2 Å². The molecule has 0 saturated carbocycles. The maximum atomic E-state index is 12.4. The van der Waals surface area contributed by atoms with Crippen LogP contribution in [0.1, 0.15) is 19.4 Å². The van der Waals surface area contributed by atoms with Crippen molar-refractivity contribution in [1.82, 2.24) is 5.01 Å². The van der Waals surface area contributed by atoms with Crippen LogP contribution < -0.4 is 0 Å². The van der Waals surface area contributed by atoms with Crippen molar-refractivity contribution in [1.29, 1.82) is 0 Å². The molecule has 1 fully saturated rings. The highest BCUT2D eigenvalue weighted by Crippen LogP contribution is 2.31. The lowest BCUT2D eigenvalue weighted by atomic mass is 10.2. The molecular formula is C17H19N3O3S. The van der Waals surface area contributed by atoms with Crippen LogP contribution in [0, 0.1) is 5.92 Å². The van der Waals surface area contributed by atoms with Crippen molar-refractivity contribution in [3.8, 4) is 0 Å². The van der Waals surface area contributed by atoms with Gasteiger partial charge in [0, 0.05) is 12.3 Å². The maximum Gasteiger partial charge on any atom is 0.331 e. The van der Waals surface area contributed by atoms with Gasteiger partial charge in [0.25, 0.3) is 5.91 Å². The molecule has 0 N–H and O–H groups in total. The van der Waals surface area contributed by atoms with Gasteiger partial charge in [-0.2, -0.15) is 10.1 Å². The van der Waals surface area contributed by atoms with E-state index in [1.54, 1.807) is 6.21 Å². The van der Waals surface area contributed by atoms with Gasteiger partial charge in [-0.25, -0.2) is 4.79 Å². The summed E-state index contributed by atoms with van der Waals surface area (Å²) in [6.07, 6.45) is 2.83. The lowest BCUT2D eigenvalue weighted by Crippen LogP contribution is -2.24. The number of rotatable bonds is 5. The van der Waals surface area contributed by atoms with Crippen molar-refractivity contribution in [2.45, 2.75) is 20.4 Å². The minimum atomic E-state index is -0.581. The highest BCUT2D eigenvalue weighted by molar-refractivity contribution is 8.18. The monoisotopic (exact) mass is 345 g/mol. The second-order valence-corrected chi connectivity index (χ2v) is 6.35. The van der Waals surface area contributed by atoms with E-state index in [0.717, 1.165) is 23.4 Å². The number of carbonyl (C=O) groups is 2. The summed E-state index contributed by atoms with van der Waals surface area (Å²) in [5.41, 5.74) is 1.02. The minimum absolute atomic E-state index is 0.187. The molecule has 24 heavy (non-hydrogen) atoms. The van der Waals surface area contributed by atoms with Gasteiger partial charge in [-0.3, -0.25) is 9.79 Å². The number of amides is 1. The van der Waals surface area contributed by atoms with E-state index in [-0.39, 0.29) is 16.7 Å². The maximum absolute atomic E-state index is 12.4. The van der Waals surface area contributed by atoms with Gasteiger partial charge in [-0.15, -0.1) is 0 Å². The fourth-order valence-electron chi connectivity index (χ4n) is 1.78. The number of hydrazone groups is 1. The van der Waals surface area contributed by atoms with Crippen LogP contribution in [-0.4, -0.2) is 35.4 Å². The van der Waals surface area contributed by atoms with Gasteiger partial charge in [0.05, 0.1) is 18.6 Å². The Morgan fingerprint density at radius 1 is 1.33 bits per heavy atom. The lowest BCUT2D eigenvalue weighted by molar-refractivity contribution is -0.135. The van der Waals surface area contributed by atoms with Crippen molar-refractivity contribution in [3.05, 3.63) is 46.9 Å². The Bertz CT molecular complexity index is 696. The van der Waals surface area contributed by atoms with Gasteiger partial charge in [0.15, 0.2) is 5.17 Å². The first-order valence-corrected chi connectivity index (χ1v) is 8.27. The number of amidine groups is 1. The summed E-state index contributed by atoms with van der Waals surface area (Å²) in [7, 11) is 1.27. The number of nitrogens with zero attached hydrogens (tertiary/aromatic N) is 3. The molecule has 0 bridgehead atoms. The third-order valence-corrected chi connectivity index (χ3v) is 3.95. The number of hydrogen-bond acceptors (Lipinski definition) is 6. The normalized spacial score (nSPS) is 18.3. The van der Waals surface area contributed by atoms with Crippen molar-refractivity contribution < 1.29 is 14.3 Å². The van der Waals surface area contributed by atoms with Gasteiger partial charge < -0.3 is 4.74 Å². The van der Waals surface area contributed by atoms with Crippen molar-refractivity contribution in [2.75, 3.05) is 7.11 Å². The lowest BCUT2D eigenvalue weighted by Gasteiger charge is -2.09.